The molecule has 0 atom stereocenters. The van der Waals surface area contributed by atoms with Gasteiger partial charge in [-0.05, 0) is 17.0 Å². The normalized spacial score (nSPS) is 14.0. The zero-order chi connectivity index (χ0) is 22.5. The average Bonchev–Trinajstić information content (AvgIpc) is 2.60. The summed E-state index contributed by atoms with van der Waals surface area (Å²) in [6.45, 7) is 3.46. The minimum Gasteiger partial charge on any atom is -0.377 e. The Labute approximate surface area is 160 Å². The maximum absolute atomic E-state index is 13.9. The molecule has 0 aliphatic carbocycles. The van der Waals surface area contributed by atoms with Crippen LogP contribution in [-0.4, -0.2) is 37.8 Å². The first-order valence-electron chi connectivity index (χ1n) is 7.20. The molecule has 14 heteroatoms. The van der Waals surface area contributed by atoms with E-state index in [1.165, 1.54) is 24.3 Å². The molecule has 1 N–H and O–H groups in total. The minimum absolute atomic E-state index is 0.172. The summed E-state index contributed by atoms with van der Waals surface area (Å²) in [5.74, 6) is -8.00. The van der Waals surface area contributed by atoms with E-state index in [2.05, 4.69) is 10.8 Å². The third-order valence-electron chi connectivity index (χ3n) is 3.71. The number of rotatable bonds is 7. The maximum Gasteiger partial charge on any atom is 0.450 e. The molecule has 0 spiro atoms. The Hall–Kier alpha value is -2.32. The predicted molar refractivity (Wildman–Crippen MR) is 90.0 cm³/mol. The number of halogens is 6. The molecule has 160 valence electrons. The summed E-state index contributed by atoms with van der Waals surface area (Å²) in [6.07, 6.45) is 1.30. The molecule has 0 amide bonds. The zero-order valence-corrected chi connectivity index (χ0v) is 15.5. The van der Waals surface area contributed by atoms with E-state index >= 15 is 0 Å². The Morgan fingerprint density at radius 1 is 0.862 bits per heavy atom. The van der Waals surface area contributed by atoms with Gasteiger partial charge in [0, 0.05) is 5.39 Å². The van der Waals surface area contributed by atoms with E-state index < -0.39 is 42.4 Å². The highest BCUT2D eigenvalue weighted by Crippen LogP contribution is 2.51. The van der Waals surface area contributed by atoms with Crippen molar-refractivity contribution in [3.63, 3.8) is 0 Å². The first-order valence-corrected chi connectivity index (χ1v) is 10.0. The van der Waals surface area contributed by atoms with Crippen molar-refractivity contribution >= 4 is 37.1 Å². The van der Waals surface area contributed by atoms with Gasteiger partial charge in [-0.25, -0.2) is 0 Å². The van der Waals surface area contributed by atoms with Crippen LogP contribution in [-0.2, 0) is 20.2 Å². The summed E-state index contributed by atoms with van der Waals surface area (Å²) < 4.78 is 138. The van der Waals surface area contributed by atoms with Crippen molar-refractivity contribution in [1.29, 1.82) is 0 Å². The Morgan fingerprint density at radius 3 is 1.86 bits per heavy atom. The van der Waals surface area contributed by atoms with Gasteiger partial charge in [-0.1, -0.05) is 43.0 Å². The van der Waals surface area contributed by atoms with Gasteiger partial charge in [-0.3, -0.25) is 4.55 Å². The average molecular weight is 464 g/mol. The quantitative estimate of drug-likeness (QED) is 0.379. The van der Waals surface area contributed by atoms with Crippen LogP contribution < -0.4 is 4.18 Å². The monoisotopic (exact) mass is 464 g/mol. The fourth-order valence-electron chi connectivity index (χ4n) is 2.20. The standard InChI is InChI=1S/C15H10F6O6S2/c1-2-9-7-8-12(11-6-4-3-5-10(9)11)27-29(25,26)15(20,21)13(16,17)14(18,19)28(22,23)24/h2-8H,1H2,(H,22,23,24). The van der Waals surface area contributed by atoms with Gasteiger partial charge < -0.3 is 4.18 Å². The highest BCUT2D eigenvalue weighted by atomic mass is 32.2. The topological polar surface area (TPSA) is 97.7 Å². The van der Waals surface area contributed by atoms with Crippen LogP contribution in [0.2, 0.25) is 0 Å². The zero-order valence-electron chi connectivity index (χ0n) is 13.8. The molecule has 6 nitrogen and oxygen atoms in total. The Bertz CT molecular complexity index is 1180. The molecular weight excluding hydrogens is 454 g/mol. The molecule has 0 fully saturated rings. The molecule has 2 rings (SSSR count). The summed E-state index contributed by atoms with van der Waals surface area (Å²) in [4.78, 5) is 0. The molecule has 0 aliphatic rings. The van der Waals surface area contributed by atoms with Gasteiger partial charge in [-0.15, -0.1) is 0 Å². The van der Waals surface area contributed by atoms with Crippen LogP contribution in [0.1, 0.15) is 5.56 Å². The highest BCUT2D eigenvalue weighted by molar-refractivity contribution is 7.88. The van der Waals surface area contributed by atoms with E-state index in [4.69, 9.17) is 4.55 Å². The van der Waals surface area contributed by atoms with Gasteiger partial charge in [-0.2, -0.15) is 43.2 Å². The van der Waals surface area contributed by atoms with Crippen LogP contribution in [0.15, 0.2) is 43.0 Å². The van der Waals surface area contributed by atoms with Crippen molar-refractivity contribution < 1.29 is 51.9 Å². The molecule has 2 aromatic carbocycles. The molecule has 29 heavy (non-hydrogen) atoms. The van der Waals surface area contributed by atoms with Crippen molar-refractivity contribution in [1.82, 2.24) is 0 Å². The molecule has 0 aromatic heterocycles. The third-order valence-corrected chi connectivity index (χ3v) is 5.89. The van der Waals surface area contributed by atoms with Gasteiger partial charge in [0.05, 0.1) is 0 Å². The van der Waals surface area contributed by atoms with Crippen LogP contribution in [0.3, 0.4) is 0 Å². The molecule has 0 saturated carbocycles. The Balaban J connectivity index is 2.62. The lowest BCUT2D eigenvalue weighted by Gasteiger charge is -2.29. The van der Waals surface area contributed by atoms with Crippen molar-refractivity contribution in [3.05, 3.63) is 48.5 Å². The minimum atomic E-state index is -7.11. The maximum atomic E-state index is 13.9. The number of alkyl halides is 6. The van der Waals surface area contributed by atoms with E-state index in [9.17, 15) is 43.2 Å². The van der Waals surface area contributed by atoms with Crippen LogP contribution in [0, 0.1) is 0 Å². The molecule has 2 aromatic rings. The summed E-state index contributed by atoms with van der Waals surface area (Å²) in [7, 11) is -14.0. The fourth-order valence-corrected chi connectivity index (χ4v) is 3.65. The summed E-state index contributed by atoms with van der Waals surface area (Å²) in [5, 5.41) is -13.6. The summed E-state index contributed by atoms with van der Waals surface area (Å²) >= 11 is 0. The Morgan fingerprint density at radius 2 is 1.38 bits per heavy atom. The Kier molecular flexibility index (Phi) is 5.45. The van der Waals surface area contributed by atoms with Crippen molar-refractivity contribution in [2.24, 2.45) is 0 Å². The molecule has 0 radical (unpaired) electrons. The molecule has 0 heterocycles. The van der Waals surface area contributed by atoms with E-state index in [1.54, 1.807) is 0 Å². The van der Waals surface area contributed by atoms with Gasteiger partial charge >= 0.3 is 36.7 Å². The molecule has 0 unspecified atom stereocenters. The second-order valence-corrected chi connectivity index (χ2v) is 8.57. The molecular formula is C15H10F6O6S2. The number of benzene rings is 2. The lowest BCUT2D eigenvalue weighted by atomic mass is 10.0. The number of fused-ring (bicyclic) bond motifs is 1. The largest absolute Gasteiger partial charge is 0.450 e. The number of hydrogen-bond donors (Lipinski definition) is 1. The first-order chi connectivity index (χ1) is 13.0. The lowest BCUT2D eigenvalue weighted by Crippen LogP contribution is -2.61. The highest BCUT2D eigenvalue weighted by Gasteiger charge is 2.83. The summed E-state index contributed by atoms with van der Waals surface area (Å²) in [5.41, 5.74) is 0.375. The van der Waals surface area contributed by atoms with E-state index in [0.29, 0.717) is 5.56 Å². The summed E-state index contributed by atoms with van der Waals surface area (Å²) in [6, 6.07) is 7.23. The van der Waals surface area contributed by atoms with E-state index in [-0.39, 0.29) is 10.8 Å². The van der Waals surface area contributed by atoms with Crippen molar-refractivity contribution in [2.75, 3.05) is 0 Å². The second kappa shape index (κ2) is 6.88. The molecule has 0 saturated heterocycles. The first kappa shape index (κ1) is 23.0. The van der Waals surface area contributed by atoms with Gasteiger partial charge in [0.2, 0.25) is 0 Å². The van der Waals surface area contributed by atoms with Crippen LogP contribution in [0.5, 0.6) is 5.75 Å². The molecule has 0 aliphatic heterocycles. The predicted octanol–water partition coefficient (Wildman–Crippen LogP) is 3.90. The van der Waals surface area contributed by atoms with E-state index in [1.807, 2.05) is 0 Å². The van der Waals surface area contributed by atoms with Crippen molar-refractivity contribution in [3.8, 4) is 5.75 Å². The third kappa shape index (κ3) is 3.44. The molecule has 0 bridgehead atoms. The van der Waals surface area contributed by atoms with Gasteiger partial charge in [0.15, 0.2) is 5.75 Å². The van der Waals surface area contributed by atoms with Gasteiger partial charge in [0.25, 0.3) is 0 Å². The lowest BCUT2D eigenvalue weighted by molar-refractivity contribution is -0.247. The number of hydrogen-bond acceptors (Lipinski definition) is 5. The van der Waals surface area contributed by atoms with Crippen LogP contribution >= 0.6 is 0 Å². The van der Waals surface area contributed by atoms with E-state index in [0.717, 1.165) is 18.2 Å². The van der Waals surface area contributed by atoms with Crippen LogP contribution in [0.25, 0.3) is 16.8 Å². The van der Waals surface area contributed by atoms with Gasteiger partial charge in [0.1, 0.15) is 0 Å². The van der Waals surface area contributed by atoms with Crippen molar-refractivity contribution in [2.45, 2.75) is 16.4 Å². The van der Waals surface area contributed by atoms with Crippen LogP contribution in [0.4, 0.5) is 26.3 Å². The smallest absolute Gasteiger partial charge is 0.377 e. The fraction of sp³-hybridized carbons (Fsp3) is 0.200. The SMILES string of the molecule is C=Cc1ccc(OS(=O)(=O)C(F)(F)C(F)(F)C(F)(F)S(=O)(=O)O)c2ccccc12. The second-order valence-electron chi connectivity index (χ2n) is 5.52.